The van der Waals surface area contributed by atoms with E-state index < -0.39 is 6.41 Å². The second kappa shape index (κ2) is 6.00. The molecule has 2 aliphatic heterocycles. The largest absolute Gasteiger partial charge is 0.356 e. The van der Waals surface area contributed by atoms with E-state index in [1.165, 1.54) is 0 Å². The average Bonchev–Trinajstić information content (AvgIpc) is 2.59. The molecular weight excluding hydrogens is 256 g/mol. The van der Waals surface area contributed by atoms with E-state index in [1.807, 2.05) is 30.6 Å². The number of fused-ring (bicyclic) bond motifs is 1. The molecule has 0 aromatic carbocycles. The molecule has 0 saturated carbocycles. The second-order valence-corrected chi connectivity index (χ2v) is 7.14. The highest BCUT2D eigenvalue weighted by molar-refractivity contribution is 5.73. The number of rotatable bonds is 2. The molecule has 0 aromatic heterocycles. The lowest BCUT2D eigenvalue weighted by atomic mass is 9.93. The molecule has 0 spiro atoms. The van der Waals surface area contributed by atoms with Gasteiger partial charge in [0, 0.05) is 33.1 Å². The molecule has 3 unspecified atom stereocenters. The van der Waals surface area contributed by atoms with Gasteiger partial charge in [0.25, 0.3) is 0 Å². The van der Waals surface area contributed by atoms with E-state index in [9.17, 15) is 9.90 Å². The molecule has 2 aliphatic rings. The summed E-state index contributed by atoms with van der Waals surface area (Å²) in [6.45, 7) is 10.9. The standard InChI is InChI=1S/C15H28N2O3/c1-11(18)17-8-12-6-5-7-16(9-13(12)10-17)14(19)20-15(2,3)4/h12-14,19H,5-10H2,1-4H3. The summed E-state index contributed by atoms with van der Waals surface area (Å²) in [5, 5.41) is 10.3. The van der Waals surface area contributed by atoms with E-state index in [0.717, 1.165) is 39.0 Å². The first-order chi connectivity index (χ1) is 9.26. The summed E-state index contributed by atoms with van der Waals surface area (Å²) in [4.78, 5) is 15.5. The van der Waals surface area contributed by atoms with Gasteiger partial charge < -0.3 is 14.7 Å². The van der Waals surface area contributed by atoms with Gasteiger partial charge in [0.15, 0.2) is 0 Å². The normalized spacial score (nSPS) is 29.9. The summed E-state index contributed by atoms with van der Waals surface area (Å²) in [5.74, 6) is 1.20. The molecule has 3 atom stereocenters. The van der Waals surface area contributed by atoms with Crippen LogP contribution in [0.4, 0.5) is 0 Å². The van der Waals surface area contributed by atoms with Crippen LogP contribution in [-0.4, -0.2) is 59.0 Å². The number of aliphatic hydroxyl groups is 1. The zero-order valence-electron chi connectivity index (χ0n) is 13.1. The van der Waals surface area contributed by atoms with Crippen LogP contribution >= 0.6 is 0 Å². The van der Waals surface area contributed by atoms with E-state index in [4.69, 9.17) is 4.74 Å². The summed E-state index contributed by atoms with van der Waals surface area (Å²) in [6, 6.07) is 0. The number of likely N-dealkylation sites (tertiary alicyclic amines) is 2. The smallest absolute Gasteiger partial charge is 0.219 e. The Hall–Kier alpha value is -0.650. The Morgan fingerprint density at radius 3 is 2.50 bits per heavy atom. The molecule has 2 rings (SSSR count). The topological polar surface area (TPSA) is 53.0 Å². The molecule has 5 nitrogen and oxygen atoms in total. The first-order valence-electron chi connectivity index (χ1n) is 7.62. The SMILES string of the molecule is CC(=O)N1CC2CCCN(C(O)OC(C)(C)C)CC2C1. The minimum atomic E-state index is -0.847. The highest BCUT2D eigenvalue weighted by Crippen LogP contribution is 2.31. The van der Waals surface area contributed by atoms with E-state index in [1.54, 1.807) is 6.92 Å². The van der Waals surface area contributed by atoms with Crippen molar-refractivity contribution in [3.8, 4) is 0 Å². The van der Waals surface area contributed by atoms with Crippen molar-refractivity contribution >= 4 is 5.91 Å². The zero-order chi connectivity index (χ0) is 14.9. The Morgan fingerprint density at radius 2 is 1.90 bits per heavy atom. The third-order valence-corrected chi connectivity index (χ3v) is 4.28. The Kier molecular flexibility index (Phi) is 4.72. The van der Waals surface area contributed by atoms with E-state index in [2.05, 4.69) is 0 Å². The Balaban J connectivity index is 1.96. The predicted molar refractivity (Wildman–Crippen MR) is 76.9 cm³/mol. The molecule has 5 heteroatoms. The molecule has 2 fully saturated rings. The van der Waals surface area contributed by atoms with Gasteiger partial charge in [-0.15, -0.1) is 0 Å². The quantitative estimate of drug-likeness (QED) is 0.776. The molecule has 116 valence electrons. The zero-order valence-corrected chi connectivity index (χ0v) is 13.1. The lowest BCUT2D eigenvalue weighted by Crippen LogP contribution is -2.44. The molecule has 1 amide bonds. The summed E-state index contributed by atoms with van der Waals surface area (Å²) in [6.07, 6.45) is 1.34. The summed E-state index contributed by atoms with van der Waals surface area (Å²) >= 11 is 0. The molecule has 20 heavy (non-hydrogen) atoms. The number of hydrogen-bond acceptors (Lipinski definition) is 4. The van der Waals surface area contributed by atoms with E-state index in [-0.39, 0.29) is 11.5 Å². The fourth-order valence-corrected chi connectivity index (χ4v) is 3.27. The Labute approximate surface area is 121 Å². The van der Waals surface area contributed by atoms with Crippen LogP contribution in [0.2, 0.25) is 0 Å². The van der Waals surface area contributed by atoms with Gasteiger partial charge in [-0.2, -0.15) is 0 Å². The van der Waals surface area contributed by atoms with Gasteiger partial charge in [-0.1, -0.05) is 0 Å². The van der Waals surface area contributed by atoms with Crippen LogP contribution < -0.4 is 0 Å². The molecule has 0 aromatic rings. The van der Waals surface area contributed by atoms with Crippen molar-refractivity contribution in [1.82, 2.24) is 9.80 Å². The van der Waals surface area contributed by atoms with Crippen LogP contribution in [0.1, 0.15) is 40.5 Å². The number of carbonyl (C=O) groups excluding carboxylic acids is 1. The van der Waals surface area contributed by atoms with E-state index >= 15 is 0 Å². The van der Waals surface area contributed by atoms with Gasteiger partial charge in [0.05, 0.1) is 5.60 Å². The highest BCUT2D eigenvalue weighted by Gasteiger charge is 2.38. The lowest BCUT2D eigenvalue weighted by Gasteiger charge is -2.33. The molecule has 0 radical (unpaired) electrons. The first-order valence-corrected chi connectivity index (χ1v) is 7.62. The van der Waals surface area contributed by atoms with Crippen LogP contribution in [0.5, 0.6) is 0 Å². The van der Waals surface area contributed by atoms with Crippen molar-refractivity contribution in [1.29, 1.82) is 0 Å². The number of carbonyl (C=O) groups is 1. The van der Waals surface area contributed by atoms with Crippen molar-refractivity contribution in [2.45, 2.75) is 52.6 Å². The predicted octanol–water partition coefficient (Wildman–Crippen LogP) is 1.27. The average molecular weight is 284 g/mol. The summed E-state index contributed by atoms with van der Waals surface area (Å²) < 4.78 is 5.66. The lowest BCUT2D eigenvalue weighted by molar-refractivity contribution is -0.240. The monoisotopic (exact) mass is 284 g/mol. The van der Waals surface area contributed by atoms with Gasteiger partial charge in [0.1, 0.15) is 0 Å². The van der Waals surface area contributed by atoms with E-state index in [0.29, 0.717) is 11.8 Å². The number of aliphatic hydroxyl groups excluding tert-OH is 1. The second-order valence-electron chi connectivity index (χ2n) is 7.14. The molecule has 0 aliphatic carbocycles. The number of ether oxygens (including phenoxy) is 1. The fraction of sp³-hybridized carbons (Fsp3) is 0.933. The van der Waals surface area contributed by atoms with Crippen LogP contribution in [0.3, 0.4) is 0 Å². The van der Waals surface area contributed by atoms with Crippen LogP contribution in [-0.2, 0) is 9.53 Å². The number of amides is 1. The third-order valence-electron chi connectivity index (χ3n) is 4.28. The first kappa shape index (κ1) is 15.7. The molecule has 2 heterocycles. The molecule has 1 N–H and O–H groups in total. The minimum Gasteiger partial charge on any atom is -0.356 e. The highest BCUT2D eigenvalue weighted by atomic mass is 16.6. The van der Waals surface area contributed by atoms with Crippen LogP contribution in [0, 0.1) is 11.8 Å². The van der Waals surface area contributed by atoms with Crippen LogP contribution in [0.15, 0.2) is 0 Å². The van der Waals surface area contributed by atoms with Gasteiger partial charge in [-0.25, -0.2) is 0 Å². The maximum Gasteiger partial charge on any atom is 0.219 e. The minimum absolute atomic E-state index is 0.163. The van der Waals surface area contributed by atoms with Crippen molar-refractivity contribution in [3.63, 3.8) is 0 Å². The summed E-state index contributed by atoms with van der Waals surface area (Å²) in [5.41, 5.74) is -0.355. The van der Waals surface area contributed by atoms with Crippen molar-refractivity contribution in [2.24, 2.45) is 11.8 Å². The van der Waals surface area contributed by atoms with Gasteiger partial charge >= 0.3 is 0 Å². The van der Waals surface area contributed by atoms with Crippen molar-refractivity contribution in [3.05, 3.63) is 0 Å². The molecular formula is C15H28N2O3. The third kappa shape index (κ3) is 3.93. The van der Waals surface area contributed by atoms with Crippen molar-refractivity contribution in [2.75, 3.05) is 26.2 Å². The number of nitrogens with zero attached hydrogens (tertiary/aromatic N) is 2. The Bertz CT molecular complexity index is 354. The van der Waals surface area contributed by atoms with Gasteiger partial charge in [-0.05, 0) is 45.4 Å². The van der Waals surface area contributed by atoms with Gasteiger partial charge in [0.2, 0.25) is 12.3 Å². The van der Waals surface area contributed by atoms with Gasteiger partial charge in [-0.3, -0.25) is 9.69 Å². The maximum absolute atomic E-state index is 11.5. The summed E-state index contributed by atoms with van der Waals surface area (Å²) in [7, 11) is 0. The van der Waals surface area contributed by atoms with Crippen LogP contribution in [0.25, 0.3) is 0 Å². The van der Waals surface area contributed by atoms with Crippen molar-refractivity contribution < 1.29 is 14.6 Å². The fourth-order valence-electron chi connectivity index (χ4n) is 3.27. The maximum atomic E-state index is 11.5. The molecule has 2 saturated heterocycles. The Morgan fingerprint density at radius 1 is 1.25 bits per heavy atom. The number of hydrogen-bond donors (Lipinski definition) is 1. The molecule has 0 bridgehead atoms.